The molecule has 3 rings (SSSR count). The quantitative estimate of drug-likeness (QED) is 0.711. The van der Waals surface area contributed by atoms with Gasteiger partial charge in [0.2, 0.25) is 5.95 Å². The Hall–Kier alpha value is -2.63. The van der Waals surface area contributed by atoms with Gasteiger partial charge in [0.05, 0.1) is 23.9 Å². The molecule has 3 heterocycles. The van der Waals surface area contributed by atoms with E-state index < -0.39 is 0 Å². The maximum atomic E-state index is 5.57. The van der Waals surface area contributed by atoms with Crippen LogP contribution in [0.1, 0.15) is 0 Å². The molecule has 0 aromatic carbocycles. The Morgan fingerprint density at radius 1 is 1.22 bits per heavy atom. The molecule has 0 atom stereocenters. The van der Waals surface area contributed by atoms with E-state index >= 15 is 0 Å². The molecule has 3 aromatic rings. The minimum atomic E-state index is 0.242. The summed E-state index contributed by atoms with van der Waals surface area (Å²) >= 11 is 0. The average molecular weight is 241 g/mol. The van der Waals surface area contributed by atoms with Gasteiger partial charge in [0.25, 0.3) is 0 Å². The van der Waals surface area contributed by atoms with E-state index in [0.717, 1.165) is 28.2 Å². The van der Waals surface area contributed by atoms with Crippen molar-refractivity contribution in [3.63, 3.8) is 0 Å². The van der Waals surface area contributed by atoms with Crippen LogP contribution in [0, 0.1) is 0 Å². The van der Waals surface area contributed by atoms with Crippen molar-refractivity contribution in [1.29, 1.82) is 0 Å². The first-order chi connectivity index (χ1) is 8.78. The van der Waals surface area contributed by atoms with Gasteiger partial charge in [-0.05, 0) is 18.2 Å². The number of nitrogens with one attached hydrogen (secondary N) is 1. The molecule has 0 aliphatic carbocycles. The van der Waals surface area contributed by atoms with Crippen molar-refractivity contribution in [2.75, 3.05) is 12.8 Å². The molecule has 0 aliphatic rings. The largest absolute Gasteiger partial charge is 0.496 e. The minimum absolute atomic E-state index is 0.242. The monoisotopic (exact) mass is 241 g/mol. The molecule has 0 saturated heterocycles. The Kier molecular flexibility index (Phi) is 2.33. The van der Waals surface area contributed by atoms with Gasteiger partial charge in [-0.1, -0.05) is 0 Å². The molecule has 6 nitrogen and oxygen atoms in total. The van der Waals surface area contributed by atoms with E-state index in [1.165, 1.54) is 0 Å². The topological polar surface area (TPSA) is 89.7 Å². The van der Waals surface area contributed by atoms with Crippen LogP contribution in [-0.4, -0.2) is 27.0 Å². The summed E-state index contributed by atoms with van der Waals surface area (Å²) in [5, 5.41) is 0.909. The van der Waals surface area contributed by atoms with Crippen molar-refractivity contribution < 1.29 is 4.74 Å². The van der Waals surface area contributed by atoms with Gasteiger partial charge in [-0.25, -0.2) is 15.0 Å². The third-order valence-electron chi connectivity index (χ3n) is 2.66. The second kappa shape index (κ2) is 3.99. The van der Waals surface area contributed by atoms with Gasteiger partial charge in [0.15, 0.2) is 0 Å². The molecular formula is C12H11N5O. The number of hydrogen-bond donors (Lipinski definition) is 2. The molecule has 0 saturated carbocycles. The third-order valence-corrected chi connectivity index (χ3v) is 2.66. The molecule has 6 heteroatoms. The van der Waals surface area contributed by atoms with Crippen molar-refractivity contribution in [1.82, 2.24) is 19.9 Å². The van der Waals surface area contributed by atoms with Crippen molar-refractivity contribution in [3.05, 3.63) is 30.6 Å². The first-order valence-electron chi connectivity index (χ1n) is 5.38. The van der Waals surface area contributed by atoms with Gasteiger partial charge >= 0.3 is 0 Å². The Labute approximate surface area is 103 Å². The van der Waals surface area contributed by atoms with Crippen LogP contribution in [0.3, 0.4) is 0 Å². The highest BCUT2D eigenvalue weighted by Crippen LogP contribution is 2.28. The summed E-state index contributed by atoms with van der Waals surface area (Å²) in [6, 6.07) is 5.53. The number of anilines is 1. The van der Waals surface area contributed by atoms with Crippen LogP contribution in [0.5, 0.6) is 5.75 Å². The average Bonchev–Trinajstić information content (AvgIpc) is 2.82. The molecule has 3 N–H and O–H groups in total. The predicted octanol–water partition coefficient (Wildman–Crippen LogP) is 1.61. The number of fused-ring (bicyclic) bond motifs is 1. The number of hydrogen-bond acceptors (Lipinski definition) is 5. The highest BCUT2D eigenvalue weighted by Gasteiger charge is 2.09. The number of H-pyrrole nitrogens is 1. The summed E-state index contributed by atoms with van der Waals surface area (Å²) in [6.07, 6.45) is 3.31. The summed E-state index contributed by atoms with van der Waals surface area (Å²) in [7, 11) is 1.63. The lowest BCUT2D eigenvalue weighted by atomic mass is 10.2. The number of ether oxygens (including phenoxy) is 1. The maximum absolute atomic E-state index is 5.57. The van der Waals surface area contributed by atoms with Gasteiger partial charge in [-0.3, -0.25) is 0 Å². The molecular weight excluding hydrogens is 230 g/mol. The number of nitrogen functional groups attached to an aromatic ring is 1. The molecule has 90 valence electrons. The van der Waals surface area contributed by atoms with Crippen molar-refractivity contribution in [2.24, 2.45) is 0 Å². The number of methoxy groups -OCH3 is 1. The molecule has 0 aliphatic heterocycles. The van der Waals surface area contributed by atoms with Crippen LogP contribution in [0.15, 0.2) is 30.6 Å². The van der Waals surface area contributed by atoms with E-state index in [4.69, 9.17) is 10.5 Å². The Morgan fingerprint density at radius 3 is 2.83 bits per heavy atom. The zero-order valence-corrected chi connectivity index (χ0v) is 9.71. The molecule has 0 bridgehead atoms. The van der Waals surface area contributed by atoms with E-state index in [-0.39, 0.29) is 5.95 Å². The fourth-order valence-corrected chi connectivity index (χ4v) is 1.84. The summed E-state index contributed by atoms with van der Waals surface area (Å²) in [5.41, 5.74) is 7.88. The van der Waals surface area contributed by atoms with E-state index in [0.29, 0.717) is 0 Å². The second-order valence-corrected chi connectivity index (χ2v) is 3.76. The van der Waals surface area contributed by atoms with Gasteiger partial charge in [0.1, 0.15) is 11.4 Å². The lowest BCUT2D eigenvalue weighted by Crippen LogP contribution is -1.94. The summed E-state index contributed by atoms with van der Waals surface area (Å²) in [5.74, 6) is 1.01. The highest BCUT2D eigenvalue weighted by atomic mass is 16.5. The van der Waals surface area contributed by atoms with E-state index in [9.17, 15) is 0 Å². The van der Waals surface area contributed by atoms with Crippen LogP contribution in [0.2, 0.25) is 0 Å². The smallest absolute Gasteiger partial charge is 0.220 e. The van der Waals surface area contributed by atoms with Crippen molar-refractivity contribution in [3.8, 4) is 17.1 Å². The zero-order chi connectivity index (χ0) is 12.5. The van der Waals surface area contributed by atoms with Crippen LogP contribution < -0.4 is 10.5 Å². The summed E-state index contributed by atoms with van der Waals surface area (Å²) < 4.78 is 5.28. The number of nitrogens with zero attached hydrogens (tertiary/aromatic N) is 3. The molecule has 0 radical (unpaired) electrons. The lowest BCUT2D eigenvalue weighted by Gasteiger charge is -1.98. The maximum Gasteiger partial charge on any atom is 0.220 e. The molecule has 0 spiro atoms. The van der Waals surface area contributed by atoms with Gasteiger partial charge < -0.3 is 15.5 Å². The Bertz CT molecular complexity index is 707. The molecule has 0 fully saturated rings. The lowest BCUT2D eigenvalue weighted by molar-refractivity contribution is 0.419. The minimum Gasteiger partial charge on any atom is -0.496 e. The number of rotatable bonds is 2. The van der Waals surface area contributed by atoms with Crippen LogP contribution in [-0.2, 0) is 0 Å². The van der Waals surface area contributed by atoms with Gasteiger partial charge in [-0.2, -0.15) is 0 Å². The van der Waals surface area contributed by atoms with E-state index in [2.05, 4.69) is 19.9 Å². The second-order valence-electron chi connectivity index (χ2n) is 3.76. The van der Waals surface area contributed by atoms with Gasteiger partial charge in [0, 0.05) is 12.4 Å². The summed E-state index contributed by atoms with van der Waals surface area (Å²) in [6.45, 7) is 0. The van der Waals surface area contributed by atoms with Crippen LogP contribution in [0.25, 0.3) is 22.4 Å². The molecule has 3 aromatic heterocycles. The molecule has 0 unspecified atom stereocenters. The Morgan fingerprint density at radius 2 is 2.06 bits per heavy atom. The third kappa shape index (κ3) is 1.64. The number of aromatic nitrogens is 4. The normalized spacial score (nSPS) is 10.7. The summed E-state index contributed by atoms with van der Waals surface area (Å²) in [4.78, 5) is 15.5. The standard InChI is InChI=1S/C12H11N5O/c1-18-10-3-5-14-11-7(10)6-9(16-11)8-2-4-15-12(13)17-8/h2-6H,1H3,(H,14,16)(H2,13,15,17). The number of pyridine rings is 1. The van der Waals surface area contributed by atoms with Crippen LogP contribution >= 0.6 is 0 Å². The van der Waals surface area contributed by atoms with Gasteiger partial charge in [-0.15, -0.1) is 0 Å². The molecule has 18 heavy (non-hydrogen) atoms. The first-order valence-corrected chi connectivity index (χ1v) is 5.38. The number of nitrogens with two attached hydrogens (primary N) is 1. The first kappa shape index (κ1) is 10.5. The van der Waals surface area contributed by atoms with Crippen molar-refractivity contribution >= 4 is 17.0 Å². The zero-order valence-electron chi connectivity index (χ0n) is 9.71. The Balaban J connectivity index is 2.19. The van der Waals surface area contributed by atoms with Crippen LogP contribution in [0.4, 0.5) is 5.95 Å². The highest BCUT2D eigenvalue weighted by molar-refractivity contribution is 5.87. The number of aromatic amines is 1. The fraction of sp³-hybridized carbons (Fsp3) is 0.0833. The fourth-order valence-electron chi connectivity index (χ4n) is 1.84. The molecule has 0 amide bonds. The SMILES string of the molecule is COc1ccnc2[nH]c(-c3ccnc(N)n3)cc12. The van der Waals surface area contributed by atoms with Crippen molar-refractivity contribution in [2.45, 2.75) is 0 Å². The predicted molar refractivity (Wildman–Crippen MR) is 68.1 cm³/mol. The van der Waals surface area contributed by atoms with E-state index in [1.54, 1.807) is 25.6 Å². The van der Waals surface area contributed by atoms with E-state index in [1.807, 2.05) is 12.1 Å².